The van der Waals surface area contributed by atoms with Crippen LogP contribution in [0, 0.1) is 0 Å². The highest BCUT2D eigenvalue weighted by Gasteiger charge is 2.24. The zero-order chi connectivity index (χ0) is 16.1. The SMILES string of the molecule is CCCCCCC(C)S(=O)(=O)c1cccc(S(C)(=O)=O)c1. The first-order valence-corrected chi connectivity index (χ1v) is 10.7. The number of hydrogen-bond donors (Lipinski definition) is 0. The van der Waals surface area contributed by atoms with Crippen LogP contribution in [0.2, 0.25) is 0 Å². The molecule has 0 N–H and O–H groups in total. The van der Waals surface area contributed by atoms with Crippen molar-refractivity contribution in [1.29, 1.82) is 0 Å². The van der Waals surface area contributed by atoms with Crippen LogP contribution in [0.1, 0.15) is 46.0 Å². The summed E-state index contributed by atoms with van der Waals surface area (Å²) in [6.07, 6.45) is 5.80. The van der Waals surface area contributed by atoms with Gasteiger partial charge in [-0.25, -0.2) is 16.8 Å². The summed E-state index contributed by atoms with van der Waals surface area (Å²) >= 11 is 0. The fourth-order valence-corrected chi connectivity index (χ4v) is 4.37. The molecule has 0 saturated carbocycles. The molecule has 0 fully saturated rings. The van der Waals surface area contributed by atoms with Crippen molar-refractivity contribution in [3.8, 4) is 0 Å². The largest absolute Gasteiger partial charge is 0.224 e. The van der Waals surface area contributed by atoms with E-state index in [1.165, 1.54) is 24.3 Å². The van der Waals surface area contributed by atoms with Gasteiger partial charge in [0.25, 0.3) is 0 Å². The van der Waals surface area contributed by atoms with Crippen LogP contribution in [0.25, 0.3) is 0 Å². The predicted molar refractivity (Wildman–Crippen MR) is 85.0 cm³/mol. The van der Waals surface area contributed by atoms with Gasteiger partial charge in [-0.2, -0.15) is 0 Å². The van der Waals surface area contributed by atoms with Gasteiger partial charge in [0.1, 0.15) is 0 Å². The maximum Gasteiger partial charge on any atom is 0.180 e. The van der Waals surface area contributed by atoms with Crippen LogP contribution in [-0.4, -0.2) is 28.3 Å². The number of rotatable bonds is 8. The number of benzene rings is 1. The van der Waals surface area contributed by atoms with Crippen LogP contribution >= 0.6 is 0 Å². The van der Waals surface area contributed by atoms with Crippen LogP contribution < -0.4 is 0 Å². The van der Waals surface area contributed by atoms with E-state index in [2.05, 4.69) is 6.92 Å². The van der Waals surface area contributed by atoms with E-state index in [1.54, 1.807) is 6.92 Å². The molecule has 0 heterocycles. The Labute approximate surface area is 128 Å². The maximum absolute atomic E-state index is 12.5. The van der Waals surface area contributed by atoms with Gasteiger partial charge >= 0.3 is 0 Å². The number of hydrogen-bond acceptors (Lipinski definition) is 4. The molecule has 1 unspecified atom stereocenters. The molecule has 1 aromatic carbocycles. The predicted octanol–water partition coefficient (Wildman–Crippen LogP) is 3.22. The fourth-order valence-electron chi connectivity index (χ4n) is 2.13. The third kappa shape index (κ3) is 5.11. The van der Waals surface area contributed by atoms with Gasteiger partial charge in [-0.3, -0.25) is 0 Å². The summed E-state index contributed by atoms with van der Waals surface area (Å²) in [5.41, 5.74) is 0. The quantitative estimate of drug-likeness (QED) is 0.685. The molecule has 0 aromatic heterocycles. The van der Waals surface area contributed by atoms with Gasteiger partial charge in [0.2, 0.25) is 0 Å². The van der Waals surface area contributed by atoms with E-state index in [9.17, 15) is 16.8 Å². The minimum absolute atomic E-state index is 0.0433. The van der Waals surface area contributed by atoms with Gasteiger partial charge in [0.15, 0.2) is 19.7 Å². The van der Waals surface area contributed by atoms with E-state index in [0.29, 0.717) is 6.42 Å². The monoisotopic (exact) mass is 332 g/mol. The van der Waals surface area contributed by atoms with Crippen LogP contribution in [0.3, 0.4) is 0 Å². The van der Waals surface area contributed by atoms with Crippen molar-refractivity contribution in [2.75, 3.05) is 6.26 Å². The fraction of sp³-hybridized carbons (Fsp3) is 0.600. The Morgan fingerprint density at radius 2 is 1.62 bits per heavy atom. The average Bonchev–Trinajstić information content (AvgIpc) is 2.42. The standard InChI is InChI=1S/C15H24O4S2/c1-4-5-6-7-9-13(2)21(18,19)15-11-8-10-14(12-15)20(3,16)17/h8,10-13H,4-7,9H2,1-3H3. The molecule has 0 radical (unpaired) electrons. The van der Waals surface area contributed by atoms with E-state index < -0.39 is 24.9 Å². The molecule has 0 spiro atoms. The summed E-state index contributed by atoms with van der Waals surface area (Å²) < 4.78 is 48.0. The van der Waals surface area contributed by atoms with E-state index >= 15 is 0 Å². The second-order valence-electron chi connectivity index (χ2n) is 5.45. The number of unbranched alkanes of at least 4 members (excludes halogenated alkanes) is 3. The maximum atomic E-state index is 12.5. The lowest BCUT2D eigenvalue weighted by molar-refractivity contribution is 0.563. The Morgan fingerprint density at radius 3 is 2.19 bits per heavy atom. The first kappa shape index (κ1) is 18.2. The Hall–Kier alpha value is -0.880. The molecule has 4 nitrogen and oxygen atoms in total. The minimum atomic E-state index is -3.47. The lowest BCUT2D eigenvalue weighted by Crippen LogP contribution is -2.18. The molecule has 0 amide bonds. The smallest absolute Gasteiger partial charge is 0.180 e. The van der Waals surface area contributed by atoms with Crippen molar-refractivity contribution in [3.63, 3.8) is 0 Å². The number of sulfone groups is 2. The van der Waals surface area contributed by atoms with Crippen molar-refractivity contribution in [3.05, 3.63) is 24.3 Å². The van der Waals surface area contributed by atoms with Gasteiger partial charge in [0, 0.05) is 6.26 Å². The van der Waals surface area contributed by atoms with Crippen LogP contribution in [0.5, 0.6) is 0 Å². The Balaban J connectivity index is 2.92. The lowest BCUT2D eigenvalue weighted by Gasteiger charge is -2.13. The normalized spacial score (nSPS) is 14.0. The summed E-state index contributed by atoms with van der Waals surface area (Å²) in [4.78, 5) is 0.134. The Morgan fingerprint density at radius 1 is 1.00 bits per heavy atom. The molecule has 0 bridgehead atoms. The van der Waals surface area contributed by atoms with Crippen molar-refractivity contribution >= 4 is 19.7 Å². The van der Waals surface area contributed by atoms with Crippen LogP contribution in [-0.2, 0) is 19.7 Å². The lowest BCUT2D eigenvalue weighted by atomic mass is 10.1. The van der Waals surface area contributed by atoms with Crippen molar-refractivity contribution in [1.82, 2.24) is 0 Å². The van der Waals surface area contributed by atoms with E-state index in [0.717, 1.165) is 31.9 Å². The first-order chi connectivity index (χ1) is 9.69. The zero-order valence-electron chi connectivity index (χ0n) is 12.9. The third-order valence-corrected chi connectivity index (χ3v) is 6.87. The molecule has 0 saturated heterocycles. The van der Waals surface area contributed by atoms with E-state index in [4.69, 9.17) is 0 Å². The summed E-state index contributed by atoms with van der Waals surface area (Å²) in [5.74, 6) is 0. The molecular formula is C15H24O4S2. The van der Waals surface area contributed by atoms with Crippen molar-refractivity contribution in [2.24, 2.45) is 0 Å². The summed E-state index contributed by atoms with van der Waals surface area (Å²) in [5, 5.41) is -0.496. The second kappa shape index (κ2) is 7.40. The van der Waals surface area contributed by atoms with Gasteiger partial charge in [-0.1, -0.05) is 38.7 Å². The molecule has 1 aromatic rings. The highest BCUT2D eigenvalue weighted by Crippen LogP contribution is 2.22. The molecule has 1 atom stereocenters. The van der Waals surface area contributed by atoms with E-state index in [1.807, 2.05) is 0 Å². The summed E-state index contributed by atoms with van der Waals surface area (Å²) in [6, 6.07) is 5.62. The Bertz CT molecular complexity index is 661. The van der Waals surface area contributed by atoms with Crippen LogP contribution in [0.4, 0.5) is 0 Å². The zero-order valence-corrected chi connectivity index (χ0v) is 14.5. The van der Waals surface area contributed by atoms with Gasteiger partial charge < -0.3 is 0 Å². The molecule has 1 rings (SSSR count). The first-order valence-electron chi connectivity index (χ1n) is 7.23. The molecule has 21 heavy (non-hydrogen) atoms. The molecule has 0 aliphatic rings. The molecule has 0 aliphatic heterocycles. The van der Waals surface area contributed by atoms with E-state index in [-0.39, 0.29) is 9.79 Å². The van der Waals surface area contributed by atoms with Gasteiger partial charge in [0.05, 0.1) is 15.0 Å². The highest BCUT2D eigenvalue weighted by molar-refractivity contribution is 7.92. The topological polar surface area (TPSA) is 68.3 Å². The summed E-state index contributed by atoms with van der Waals surface area (Å²) in [6.45, 7) is 3.80. The van der Waals surface area contributed by atoms with Gasteiger partial charge in [-0.05, 0) is 31.5 Å². The van der Waals surface area contributed by atoms with Crippen molar-refractivity contribution in [2.45, 2.75) is 61.0 Å². The molecule has 120 valence electrons. The van der Waals surface area contributed by atoms with Crippen LogP contribution in [0.15, 0.2) is 34.1 Å². The molecule has 6 heteroatoms. The molecule has 0 aliphatic carbocycles. The third-order valence-electron chi connectivity index (χ3n) is 3.56. The minimum Gasteiger partial charge on any atom is -0.224 e. The Kier molecular flexibility index (Phi) is 6.41. The molecular weight excluding hydrogens is 308 g/mol. The van der Waals surface area contributed by atoms with Gasteiger partial charge in [-0.15, -0.1) is 0 Å². The van der Waals surface area contributed by atoms with Crippen molar-refractivity contribution < 1.29 is 16.8 Å². The highest BCUT2D eigenvalue weighted by atomic mass is 32.2. The summed E-state index contributed by atoms with van der Waals surface area (Å²) in [7, 11) is -6.87. The second-order valence-corrected chi connectivity index (χ2v) is 9.83. The average molecular weight is 332 g/mol.